The molecule has 0 aliphatic carbocycles. The van der Waals surface area contributed by atoms with Gasteiger partial charge in [-0.15, -0.1) is 11.6 Å². The fourth-order valence-corrected chi connectivity index (χ4v) is 1.56. The molecule has 0 radical (unpaired) electrons. The van der Waals surface area contributed by atoms with Gasteiger partial charge < -0.3 is 4.90 Å². The van der Waals surface area contributed by atoms with E-state index in [0.29, 0.717) is 11.9 Å². The summed E-state index contributed by atoms with van der Waals surface area (Å²) < 4.78 is 0. The average molecular weight is 214 g/mol. The molecule has 1 heterocycles. The van der Waals surface area contributed by atoms with Crippen LogP contribution in [0.5, 0.6) is 0 Å². The van der Waals surface area contributed by atoms with Gasteiger partial charge in [-0.2, -0.15) is 0 Å². The van der Waals surface area contributed by atoms with Gasteiger partial charge in [0.05, 0.1) is 5.69 Å². The standard InChI is InChI=1S/C10H16ClN3/c1-8(2)14(7-4-11)10-9(3)12-5-6-13-10/h5-6,8H,4,7H2,1-3H3. The van der Waals surface area contributed by atoms with Crippen molar-refractivity contribution in [2.75, 3.05) is 17.3 Å². The van der Waals surface area contributed by atoms with Gasteiger partial charge >= 0.3 is 0 Å². The number of halogens is 1. The molecule has 0 aliphatic rings. The summed E-state index contributed by atoms with van der Waals surface area (Å²) in [6, 6.07) is 0.393. The lowest BCUT2D eigenvalue weighted by Crippen LogP contribution is -2.34. The van der Waals surface area contributed by atoms with Gasteiger partial charge in [0.1, 0.15) is 5.82 Å². The van der Waals surface area contributed by atoms with E-state index in [2.05, 4.69) is 28.7 Å². The van der Waals surface area contributed by atoms with Crippen LogP contribution in [-0.4, -0.2) is 28.4 Å². The van der Waals surface area contributed by atoms with Gasteiger partial charge in [0.2, 0.25) is 0 Å². The van der Waals surface area contributed by atoms with Crippen molar-refractivity contribution in [2.45, 2.75) is 26.8 Å². The van der Waals surface area contributed by atoms with Crippen LogP contribution in [-0.2, 0) is 0 Å². The lowest BCUT2D eigenvalue weighted by molar-refractivity contribution is 0.689. The van der Waals surface area contributed by atoms with Crippen LogP contribution in [0.4, 0.5) is 5.82 Å². The molecule has 0 N–H and O–H groups in total. The van der Waals surface area contributed by atoms with Crippen LogP contribution in [0.15, 0.2) is 12.4 Å². The summed E-state index contributed by atoms with van der Waals surface area (Å²) in [6.45, 7) is 7.02. The summed E-state index contributed by atoms with van der Waals surface area (Å²) in [5, 5.41) is 0. The second-order valence-corrected chi connectivity index (χ2v) is 3.82. The van der Waals surface area contributed by atoms with Crippen molar-refractivity contribution >= 4 is 17.4 Å². The van der Waals surface area contributed by atoms with Gasteiger partial charge in [-0.3, -0.25) is 4.98 Å². The monoisotopic (exact) mass is 213 g/mol. The normalized spacial score (nSPS) is 10.6. The van der Waals surface area contributed by atoms with Crippen molar-refractivity contribution in [3.63, 3.8) is 0 Å². The molecule has 0 aliphatic heterocycles. The fourth-order valence-electron chi connectivity index (χ4n) is 1.38. The number of aromatic nitrogens is 2. The summed E-state index contributed by atoms with van der Waals surface area (Å²) >= 11 is 5.75. The number of aryl methyl sites for hydroxylation is 1. The van der Waals surface area contributed by atoms with E-state index in [1.807, 2.05) is 6.92 Å². The van der Waals surface area contributed by atoms with Crippen molar-refractivity contribution in [2.24, 2.45) is 0 Å². The number of anilines is 1. The second-order valence-electron chi connectivity index (χ2n) is 3.44. The van der Waals surface area contributed by atoms with Gasteiger partial charge in [0, 0.05) is 30.9 Å². The van der Waals surface area contributed by atoms with Crippen LogP contribution in [0.25, 0.3) is 0 Å². The Kier molecular flexibility index (Phi) is 4.14. The van der Waals surface area contributed by atoms with Crippen molar-refractivity contribution in [3.05, 3.63) is 18.1 Å². The first kappa shape index (κ1) is 11.2. The topological polar surface area (TPSA) is 29.0 Å². The van der Waals surface area contributed by atoms with E-state index in [9.17, 15) is 0 Å². The van der Waals surface area contributed by atoms with Crippen molar-refractivity contribution in [3.8, 4) is 0 Å². The zero-order valence-corrected chi connectivity index (χ0v) is 9.62. The molecule has 0 aromatic carbocycles. The molecule has 0 unspecified atom stereocenters. The van der Waals surface area contributed by atoms with E-state index in [1.54, 1.807) is 12.4 Å². The summed E-state index contributed by atoms with van der Waals surface area (Å²) in [5.41, 5.74) is 0.950. The van der Waals surface area contributed by atoms with Crippen LogP contribution < -0.4 is 4.90 Å². The second kappa shape index (κ2) is 5.15. The van der Waals surface area contributed by atoms with Crippen LogP contribution >= 0.6 is 11.6 Å². The minimum atomic E-state index is 0.393. The zero-order valence-electron chi connectivity index (χ0n) is 8.87. The lowest BCUT2D eigenvalue weighted by atomic mass is 10.3. The van der Waals surface area contributed by atoms with Crippen LogP contribution in [0.1, 0.15) is 19.5 Å². The van der Waals surface area contributed by atoms with E-state index in [0.717, 1.165) is 18.1 Å². The Bertz CT molecular complexity index is 288. The Labute approximate surface area is 90.1 Å². The summed E-state index contributed by atoms with van der Waals surface area (Å²) in [5.74, 6) is 1.54. The van der Waals surface area contributed by atoms with E-state index < -0.39 is 0 Å². The predicted octanol–water partition coefficient (Wildman–Crippen LogP) is 2.24. The molecule has 1 aromatic rings. The molecule has 0 bridgehead atoms. The molecule has 1 rings (SSSR count). The quantitative estimate of drug-likeness (QED) is 0.719. The molecule has 0 atom stereocenters. The summed E-state index contributed by atoms with van der Waals surface area (Å²) in [6.07, 6.45) is 3.42. The van der Waals surface area contributed by atoms with Gasteiger partial charge in [-0.05, 0) is 20.8 Å². The Balaban J connectivity index is 2.93. The van der Waals surface area contributed by atoms with Crippen LogP contribution in [0, 0.1) is 6.92 Å². The molecule has 0 spiro atoms. The van der Waals surface area contributed by atoms with E-state index in [4.69, 9.17) is 11.6 Å². The van der Waals surface area contributed by atoms with Gasteiger partial charge in [-0.1, -0.05) is 0 Å². The van der Waals surface area contributed by atoms with Crippen LogP contribution in [0.3, 0.4) is 0 Å². The number of rotatable bonds is 4. The molecule has 0 amide bonds. The molecule has 4 heteroatoms. The maximum absolute atomic E-state index is 5.75. The van der Waals surface area contributed by atoms with E-state index >= 15 is 0 Å². The van der Waals surface area contributed by atoms with Gasteiger partial charge in [0.25, 0.3) is 0 Å². The highest BCUT2D eigenvalue weighted by Crippen LogP contribution is 2.16. The highest BCUT2D eigenvalue weighted by atomic mass is 35.5. The van der Waals surface area contributed by atoms with Crippen LogP contribution in [0.2, 0.25) is 0 Å². The van der Waals surface area contributed by atoms with Crippen molar-refractivity contribution in [1.82, 2.24) is 9.97 Å². The summed E-state index contributed by atoms with van der Waals surface area (Å²) in [7, 11) is 0. The van der Waals surface area contributed by atoms with E-state index in [-0.39, 0.29) is 0 Å². The Morgan fingerprint density at radius 1 is 1.36 bits per heavy atom. The zero-order chi connectivity index (χ0) is 10.6. The third-order valence-corrected chi connectivity index (χ3v) is 2.25. The minimum Gasteiger partial charge on any atom is -0.351 e. The molecular weight excluding hydrogens is 198 g/mol. The van der Waals surface area contributed by atoms with E-state index in [1.165, 1.54) is 0 Å². The maximum atomic E-state index is 5.75. The first-order valence-corrected chi connectivity index (χ1v) is 5.30. The molecule has 1 aromatic heterocycles. The molecule has 0 saturated carbocycles. The Hall–Kier alpha value is -0.830. The SMILES string of the molecule is Cc1nccnc1N(CCCl)C(C)C. The smallest absolute Gasteiger partial charge is 0.150 e. The third kappa shape index (κ3) is 2.58. The molecule has 14 heavy (non-hydrogen) atoms. The highest BCUT2D eigenvalue weighted by molar-refractivity contribution is 6.18. The maximum Gasteiger partial charge on any atom is 0.150 e. The Morgan fingerprint density at radius 3 is 2.50 bits per heavy atom. The number of alkyl halides is 1. The minimum absolute atomic E-state index is 0.393. The van der Waals surface area contributed by atoms with Gasteiger partial charge in [-0.25, -0.2) is 4.98 Å². The Morgan fingerprint density at radius 2 is 2.00 bits per heavy atom. The van der Waals surface area contributed by atoms with Crippen molar-refractivity contribution in [1.29, 1.82) is 0 Å². The first-order chi connectivity index (χ1) is 6.66. The molecule has 78 valence electrons. The molecule has 0 saturated heterocycles. The van der Waals surface area contributed by atoms with Crippen molar-refractivity contribution < 1.29 is 0 Å². The highest BCUT2D eigenvalue weighted by Gasteiger charge is 2.13. The predicted molar refractivity (Wildman–Crippen MR) is 60.0 cm³/mol. The average Bonchev–Trinajstić information content (AvgIpc) is 2.15. The molecular formula is C10H16ClN3. The van der Waals surface area contributed by atoms with Gasteiger partial charge in [0.15, 0.2) is 0 Å². The molecule has 0 fully saturated rings. The lowest BCUT2D eigenvalue weighted by Gasteiger charge is -2.27. The number of hydrogen-bond acceptors (Lipinski definition) is 3. The fraction of sp³-hybridized carbons (Fsp3) is 0.600. The number of nitrogens with zero attached hydrogens (tertiary/aromatic N) is 3. The molecule has 3 nitrogen and oxygen atoms in total. The third-order valence-electron chi connectivity index (χ3n) is 2.08. The number of hydrogen-bond donors (Lipinski definition) is 0. The largest absolute Gasteiger partial charge is 0.351 e. The summed E-state index contributed by atoms with van der Waals surface area (Å²) in [4.78, 5) is 10.7. The first-order valence-electron chi connectivity index (χ1n) is 4.77.